The number of aromatic nitrogens is 2. The van der Waals surface area contributed by atoms with Crippen LogP contribution in [0.4, 0.5) is 0 Å². The van der Waals surface area contributed by atoms with Crippen molar-refractivity contribution in [1.29, 1.82) is 5.26 Å². The molecule has 156 valence electrons. The number of thiophene rings is 1. The molecule has 1 aliphatic rings. The van der Waals surface area contributed by atoms with Gasteiger partial charge in [-0.2, -0.15) is 5.26 Å². The van der Waals surface area contributed by atoms with E-state index < -0.39 is 0 Å². The lowest BCUT2D eigenvalue weighted by Crippen LogP contribution is -2.52. The number of pyridine rings is 1. The summed E-state index contributed by atoms with van der Waals surface area (Å²) in [5, 5.41) is 14.2. The molecule has 4 heterocycles. The van der Waals surface area contributed by atoms with Gasteiger partial charge in [0.1, 0.15) is 6.04 Å². The SMILES string of the molecule is Cc1ccc(-c2cc(C(=O)N3CCN(C(C#N)C(C)C)CC3)c3c(C)noc3n2)s1. The molecular weight excluding hydrogens is 398 g/mol. The molecule has 0 bridgehead atoms. The number of nitriles is 1. The zero-order chi connectivity index (χ0) is 21.4. The second kappa shape index (κ2) is 8.17. The lowest BCUT2D eigenvalue weighted by molar-refractivity contribution is 0.0578. The van der Waals surface area contributed by atoms with Gasteiger partial charge in [0.25, 0.3) is 11.6 Å². The number of hydrogen-bond acceptors (Lipinski definition) is 7. The van der Waals surface area contributed by atoms with Gasteiger partial charge in [-0.25, -0.2) is 4.98 Å². The third-order valence-electron chi connectivity index (χ3n) is 5.60. The number of nitrogens with zero attached hydrogens (tertiary/aromatic N) is 5. The highest BCUT2D eigenvalue weighted by Crippen LogP contribution is 2.31. The minimum Gasteiger partial charge on any atom is -0.336 e. The van der Waals surface area contributed by atoms with Gasteiger partial charge < -0.3 is 9.42 Å². The van der Waals surface area contributed by atoms with Crippen molar-refractivity contribution in [3.63, 3.8) is 0 Å². The molecule has 1 atom stereocenters. The van der Waals surface area contributed by atoms with Crippen molar-refractivity contribution in [3.05, 3.63) is 34.3 Å². The van der Waals surface area contributed by atoms with E-state index in [9.17, 15) is 10.1 Å². The molecule has 0 aromatic carbocycles. The smallest absolute Gasteiger partial charge is 0.259 e. The molecule has 4 rings (SSSR count). The highest BCUT2D eigenvalue weighted by Gasteiger charge is 2.30. The van der Waals surface area contributed by atoms with Gasteiger partial charge in [-0.1, -0.05) is 19.0 Å². The van der Waals surface area contributed by atoms with Crippen LogP contribution in [0.2, 0.25) is 0 Å². The Labute approximate surface area is 179 Å². The van der Waals surface area contributed by atoms with Crippen molar-refractivity contribution in [1.82, 2.24) is 19.9 Å². The molecule has 0 saturated carbocycles. The van der Waals surface area contributed by atoms with Crippen LogP contribution in [0.1, 0.15) is 34.8 Å². The van der Waals surface area contributed by atoms with Gasteiger partial charge in [-0.05, 0) is 38.0 Å². The topological polar surface area (TPSA) is 86.3 Å². The number of hydrogen-bond donors (Lipinski definition) is 0. The summed E-state index contributed by atoms with van der Waals surface area (Å²) in [7, 11) is 0. The Morgan fingerprint density at radius 2 is 1.97 bits per heavy atom. The van der Waals surface area contributed by atoms with Crippen LogP contribution < -0.4 is 0 Å². The first-order valence-corrected chi connectivity index (χ1v) is 11.0. The predicted molar refractivity (Wildman–Crippen MR) is 116 cm³/mol. The average molecular weight is 424 g/mol. The van der Waals surface area contributed by atoms with Crippen LogP contribution in [0.5, 0.6) is 0 Å². The van der Waals surface area contributed by atoms with E-state index in [1.165, 1.54) is 4.88 Å². The zero-order valence-corrected chi connectivity index (χ0v) is 18.5. The average Bonchev–Trinajstić information content (AvgIpc) is 3.33. The first-order valence-electron chi connectivity index (χ1n) is 10.2. The van der Waals surface area contributed by atoms with Gasteiger partial charge in [-0.15, -0.1) is 11.3 Å². The van der Waals surface area contributed by atoms with Crippen LogP contribution >= 0.6 is 11.3 Å². The summed E-state index contributed by atoms with van der Waals surface area (Å²) in [6.45, 7) is 10.5. The van der Waals surface area contributed by atoms with Crippen molar-refractivity contribution in [2.24, 2.45) is 5.92 Å². The number of carbonyl (C=O) groups is 1. The van der Waals surface area contributed by atoms with E-state index in [1.54, 1.807) is 11.3 Å². The maximum atomic E-state index is 13.5. The van der Waals surface area contributed by atoms with Gasteiger partial charge >= 0.3 is 0 Å². The summed E-state index contributed by atoms with van der Waals surface area (Å²) in [5.74, 6) is 0.217. The quantitative estimate of drug-likeness (QED) is 0.633. The molecule has 1 fully saturated rings. The van der Waals surface area contributed by atoms with Crippen LogP contribution in [0, 0.1) is 31.1 Å². The normalized spacial score (nSPS) is 16.2. The van der Waals surface area contributed by atoms with Gasteiger partial charge in [0.15, 0.2) is 0 Å². The Kier molecular flexibility index (Phi) is 5.58. The van der Waals surface area contributed by atoms with Crippen molar-refractivity contribution < 1.29 is 9.32 Å². The second-order valence-electron chi connectivity index (χ2n) is 8.06. The van der Waals surface area contributed by atoms with Crippen LogP contribution in [0.3, 0.4) is 0 Å². The molecule has 1 saturated heterocycles. The molecule has 7 nitrogen and oxygen atoms in total. The summed E-state index contributed by atoms with van der Waals surface area (Å²) in [6.07, 6.45) is 0. The van der Waals surface area contributed by atoms with E-state index in [0.717, 1.165) is 10.6 Å². The molecule has 1 aliphatic heterocycles. The molecule has 3 aromatic heterocycles. The van der Waals surface area contributed by atoms with E-state index in [4.69, 9.17) is 4.52 Å². The highest BCUT2D eigenvalue weighted by molar-refractivity contribution is 7.15. The predicted octanol–water partition coefficient (Wildman–Crippen LogP) is 3.87. The first-order chi connectivity index (χ1) is 14.4. The van der Waals surface area contributed by atoms with E-state index in [2.05, 4.69) is 35.0 Å². The summed E-state index contributed by atoms with van der Waals surface area (Å²) >= 11 is 1.63. The highest BCUT2D eigenvalue weighted by atomic mass is 32.1. The minimum atomic E-state index is -0.121. The largest absolute Gasteiger partial charge is 0.336 e. The van der Waals surface area contributed by atoms with Crippen LogP contribution in [0.15, 0.2) is 22.7 Å². The third kappa shape index (κ3) is 3.71. The Morgan fingerprint density at radius 3 is 2.57 bits per heavy atom. The Hall–Kier alpha value is -2.76. The Balaban J connectivity index is 1.63. The standard InChI is InChI=1S/C22H25N5O2S/c1-13(2)18(12-23)26-7-9-27(10-8-26)22(28)16-11-17(19-6-5-14(3)30-19)24-21-20(16)15(4)25-29-21/h5-6,11,13,18H,7-10H2,1-4H3. The molecule has 30 heavy (non-hydrogen) atoms. The maximum Gasteiger partial charge on any atom is 0.259 e. The number of aryl methyl sites for hydroxylation is 2. The molecule has 1 amide bonds. The summed E-state index contributed by atoms with van der Waals surface area (Å²) in [6, 6.07) is 8.19. The fraction of sp³-hybridized carbons (Fsp3) is 0.455. The lowest BCUT2D eigenvalue weighted by atomic mass is 10.0. The molecule has 0 radical (unpaired) electrons. The van der Waals surface area contributed by atoms with Gasteiger partial charge in [0.2, 0.25) is 0 Å². The fourth-order valence-corrected chi connectivity index (χ4v) is 4.82. The van der Waals surface area contributed by atoms with Crippen LogP contribution in [0.25, 0.3) is 21.7 Å². The molecular formula is C22H25N5O2S. The monoisotopic (exact) mass is 423 g/mol. The van der Waals surface area contributed by atoms with Crippen LogP contribution in [-0.2, 0) is 0 Å². The Morgan fingerprint density at radius 1 is 1.23 bits per heavy atom. The molecule has 8 heteroatoms. The zero-order valence-electron chi connectivity index (χ0n) is 17.7. The van der Waals surface area contributed by atoms with E-state index in [0.29, 0.717) is 48.5 Å². The van der Waals surface area contributed by atoms with Crippen molar-refractivity contribution in [2.75, 3.05) is 26.2 Å². The van der Waals surface area contributed by atoms with Crippen molar-refractivity contribution in [2.45, 2.75) is 33.7 Å². The molecule has 3 aromatic rings. The number of carbonyl (C=O) groups excluding carboxylic acids is 1. The molecule has 0 aliphatic carbocycles. The minimum absolute atomic E-state index is 0.0408. The van der Waals surface area contributed by atoms with Gasteiger partial charge in [-0.3, -0.25) is 9.69 Å². The molecule has 0 spiro atoms. The lowest BCUT2D eigenvalue weighted by Gasteiger charge is -2.38. The van der Waals surface area contributed by atoms with Gasteiger partial charge in [0.05, 0.1) is 33.3 Å². The number of amides is 1. The first kappa shape index (κ1) is 20.5. The van der Waals surface area contributed by atoms with Gasteiger partial charge in [0, 0.05) is 31.1 Å². The van der Waals surface area contributed by atoms with Crippen molar-refractivity contribution >= 4 is 28.3 Å². The maximum absolute atomic E-state index is 13.5. The second-order valence-corrected chi connectivity index (χ2v) is 9.35. The van der Waals surface area contributed by atoms with E-state index in [1.807, 2.05) is 36.9 Å². The summed E-state index contributed by atoms with van der Waals surface area (Å²) in [5.41, 5.74) is 2.36. The summed E-state index contributed by atoms with van der Waals surface area (Å²) < 4.78 is 5.41. The summed E-state index contributed by atoms with van der Waals surface area (Å²) in [4.78, 5) is 24.3. The van der Waals surface area contributed by atoms with E-state index >= 15 is 0 Å². The third-order valence-corrected chi connectivity index (χ3v) is 6.62. The number of rotatable bonds is 4. The van der Waals surface area contributed by atoms with Crippen LogP contribution in [-0.4, -0.2) is 58.1 Å². The Bertz CT molecular complexity index is 1120. The fourth-order valence-electron chi connectivity index (χ4n) is 3.99. The van der Waals surface area contributed by atoms with Crippen molar-refractivity contribution in [3.8, 4) is 16.6 Å². The van der Waals surface area contributed by atoms with E-state index in [-0.39, 0.29) is 17.9 Å². The molecule has 1 unspecified atom stereocenters. The number of piperazine rings is 1. The molecule has 0 N–H and O–H groups in total. The number of fused-ring (bicyclic) bond motifs is 1.